The number of carbonyl (C=O) groups excluding carboxylic acids is 1. The lowest BCUT2D eigenvalue weighted by Gasteiger charge is -2.36. The molecular formula is C24H20ClFN4OS. The highest BCUT2D eigenvalue weighted by atomic mass is 35.5. The van der Waals surface area contributed by atoms with Gasteiger partial charge in [-0.15, -0.1) is 11.3 Å². The number of nitrogens with two attached hydrogens (primary N) is 1. The molecule has 2 aromatic heterocycles. The molecule has 1 aliphatic rings. The molecular weight excluding hydrogens is 447 g/mol. The van der Waals surface area contributed by atoms with Crippen LogP contribution in [0.25, 0.3) is 21.5 Å². The third-order valence-electron chi connectivity index (χ3n) is 5.69. The third kappa shape index (κ3) is 3.89. The van der Waals surface area contributed by atoms with E-state index in [1.165, 1.54) is 23.5 Å². The summed E-state index contributed by atoms with van der Waals surface area (Å²) < 4.78 is 13.2. The molecule has 0 unspecified atom stereocenters. The molecule has 0 atom stereocenters. The monoisotopic (exact) mass is 466 g/mol. The normalized spacial score (nSPS) is 14.2. The molecule has 5 rings (SSSR count). The molecule has 32 heavy (non-hydrogen) atoms. The van der Waals surface area contributed by atoms with Crippen LogP contribution in [0.1, 0.15) is 9.67 Å². The SMILES string of the molecule is Nc1c(C(=O)N2CCN(c3ccc(F)cc3)CC2)sc2nc(-c3ccc(Cl)cc3)ccc12. The highest BCUT2D eigenvalue weighted by Gasteiger charge is 2.26. The number of aromatic nitrogens is 1. The third-order valence-corrected chi connectivity index (χ3v) is 7.04. The zero-order valence-corrected chi connectivity index (χ0v) is 18.7. The largest absolute Gasteiger partial charge is 0.397 e. The van der Waals surface area contributed by atoms with Gasteiger partial charge in [-0.05, 0) is 48.5 Å². The van der Waals surface area contributed by atoms with Gasteiger partial charge >= 0.3 is 0 Å². The van der Waals surface area contributed by atoms with Gasteiger partial charge in [0, 0.05) is 47.8 Å². The van der Waals surface area contributed by atoms with Gasteiger partial charge in [-0.2, -0.15) is 0 Å². The maximum absolute atomic E-state index is 13.2. The van der Waals surface area contributed by atoms with E-state index >= 15 is 0 Å². The second kappa shape index (κ2) is 8.41. The molecule has 2 aromatic carbocycles. The maximum atomic E-state index is 13.2. The number of carbonyl (C=O) groups is 1. The lowest BCUT2D eigenvalue weighted by molar-refractivity contribution is 0.0752. The number of piperazine rings is 1. The number of halogens is 2. The van der Waals surface area contributed by atoms with Crippen molar-refractivity contribution >= 4 is 50.4 Å². The molecule has 0 bridgehead atoms. The van der Waals surface area contributed by atoms with Gasteiger partial charge in [-0.25, -0.2) is 9.37 Å². The molecule has 1 aliphatic heterocycles. The summed E-state index contributed by atoms with van der Waals surface area (Å²) in [6.07, 6.45) is 0. The van der Waals surface area contributed by atoms with Crippen LogP contribution in [0.15, 0.2) is 60.7 Å². The van der Waals surface area contributed by atoms with Crippen LogP contribution in [-0.4, -0.2) is 42.0 Å². The topological polar surface area (TPSA) is 62.5 Å². The highest BCUT2D eigenvalue weighted by Crippen LogP contribution is 2.35. The Morgan fingerprint density at radius 2 is 1.66 bits per heavy atom. The van der Waals surface area contributed by atoms with Crippen LogP contribution < -0.4 is 10.6 Å². The fourth-order valence-electron chi connectivity index (χ4n) is 3.90. The van der Waals surface area contributed by atoms with Crippen LogP contribution in [0.2, 0.25) is 5.02 Å². The summed E-state index contributed by atoms with van der Waals surface area (Å²) in [6, 6.07) is 17.7. The number of fused-ring (bicyclic) bond motifs is 1. The lowest BCUT2D eigenvalue weighted by Crippen LogP contribution is -2.48. The molecule has 2 N–H and O–H groups in total. The molecule has 1 saturated heterocycles. The Kier molecular flexibility index (Phi) is 5.45. The minimum absolute atomic E-state index is 0.0719. The molecule has 162 valence electrons. The second-order valence-electron chi connectivity index (χ2n) is 7.66. The molecule has 0 radical (unpaired) electrons. The first-order valence-corrected chi connectivity index (χ1v) is 11.4. The molecule has 8 heteroatoms. The van der Waals surface area contributed by atoms with Crippen LogP contribution in [-0.2, 0) is 0 Å². The number of anilines is 2. The highest BCUT2D eigenvalue weighted by molar-refractivity contribution is 7.21. The van der Waals surface area contributed by atoms with E-state index in [2.05, 4.69) is 4.90 Å². The average molecular weight is 467 g/mol. The Morgan fingerprint density at radius 3 is 2.34 bits per heavy atom. The fourth-order valence-corrected chi connectivity index (χ4v) is 5.09. The molecule has 0 spiro atoms. The average Bonchev–Trinajstić information content (AvgIpc) is 3.15. The maximum Gasteiger partial charge on any atom is 0.266 e. The van der Waals surface area contributed by atoms with E-state index in [4.69, 9.17) is 22.3 Å². The fraction of sp³-hybridized carbons (Fsp3) is 0.167. The van der Waals surface area contributed by atoms with Gasteiger partial charge < -0.3 is 15.5 Å². The van der Waals surface area contributed by atoms with Gasteiger partial charge in [-0.1, -0.05) is 23.7 Å². The molecule has 5 nitrogen and oxygen atoms in total. The van der Waals surface area contributed by atoms with Crippen molar-refractivity contribution in [3.63, 3.8) is 0 Å². The summed E-state index contributed by atoms with van der Waals surface area (Å²) in [7, 11) is 0. The molecule has 0 saturated carbocycles. The van der Waals surface area contributed by atoms with Crippen molar-refractivity contribution in [1.29, 1.82) is 0 Å². The van der Waals surface area contributed by atoms with Crippen molar-refractivity contribution in [3.05, 3.63) is 76.4 Å². The lowest BCUT2D eigenvalue weighted by atomic mass is 10.1. The van der Waals surface area contributed by atoms with E-state index in [1.54, 1.807) is 12.1 Å². The van der Waals surface area contributed by atoms with Crippen LogP contribution in [0.4, 0.5) is 15.8 Å². The van der Waals surface area contributed by atoms with E-state index in [0.29, 0.717) is 41.8 Å². The van der Waals surface area contributed by atoms with Crippen molar-refractivity contribution in [2.75, 3.05) is 36.8 Å². The quantitative estimate of drug-likeness (QED) is 0.445. The Labute approximate surface area is 193 Å². The first kappa shape index (κ1) is 20.7. The number of rotatable bonds is 3. The van der Waals surface area contributed by atoms with Gasteiger partial charge in [0.2, 0.25) is 0 Å². The number of hydrogen-bond acceptors (Lipinski definition) is 5. The van der Waals surface area contributed by atoms with E-state index in [0.717, 1.165) is 27.2 Å². The minimum atomic E-state index is -0.254. The Bertz CT molecular complexity index is 1280. The number of thiophene rings is 1. The smallest absolute Gasteiger partial charge is 0.266 e. The number of amides is 1. The summed E-state index contributed by atoms with van der Waals surface area (Å²) in [4.78, 5) is 23.2. The van der Waals surface area contributed by atoms with E-state index in [-0.39, 0.29) is 11.7 Å². The summed E-state index contributed by atoms with van der Waals surface area (Å²) in [5.74, 6) is -0.326. The Balaban J connectivity index is 1.35. The zero-order valence-electron chi connectivity index (χ0n) is 17.1. The van der Waals surface area contributed by atoms with Crippen molar-refractivity contribution in [1.82, 2.24) is 9.88 Å². The van der Waals surface area contributed by atoms with Gasteiger partial charge in [0.25, 0.3) is 5.91 Å². The predicted molar refractivity (Wildman–Crippen MR) is 129 cm³/mol. The van der Waals surface area contributed by atoms with Gasteiger partial charge in [0.1, 0.15) is 15.5 Å². The van der Waals surface area contributed by atoms with Crippen molar-refractivity contribution in [3.8, 4) is 11.3 Å². The van der Waals surface area contributed by atoms with Crippen molar-refractivity contribution in [2.24, 2.45) is 0 Å². The number of hydrogen-bond donors (Lipinski definition) is 1. The molecule has 1 fully saturated rings. The van der Waals surface area contributed by atoms with E-state index < -0.39 is 0 Å². The Hall–Kier alpha value is -3.16. The summed E-state index contributed by atoms with van der Waals surface area (Å²) in [5, 5.41) is 1.46. The molecule has 1 amide bonds. The van der Waals surface area contributed by atoms with Crippen LogP contribution in [0, 0.1) is 5.82 Å². The number of nitrogens with zero attached hydrogens (tertiary/aromatic N) is 3. The predicted octanol–water partition coefficient (Wildman–Crippen LogP) is 5.30. The molecule has 3 heterocycles. The van der Waals surface area contributed by atoms with Crippen molar-refractivity contribution < 1.29 is 9.18 Å². The summed E-state index contributed by atoms with van der Waals surface area (Å²) >= 11 is 7.31. The summed E-state index contributed by atoms with van der Waals surface area (Å²) in [5.41, 5.74) is 9.54. The molecule has 0 aliphatic carbocycles. The zero-order chi connectivity index (χ0) is 22.2. The first-order valence-electron chi connectivity index (χ1n) is 10.2. The summed E-state index contributed by atoms with van der Waals surface area (Å²) in [6.45, 7) is 2.52. The number of benzene rings is 2. The van der Waals surface area contributed by atoms with Crippen molar-refractivity contribution in [2.45, 2.75) is 0 Å². The first-order chi connectivity index (χ1) is 15.5. The van der Waals surface area contributed by atoms with Crippen LogP contribution >= 0.6 is 22.9 Å². The van der Waals surface area contributed by atoms with Gasteiger partial charge in [-0.3, -0.25) is 4.79 Å². The second-order valence-corrected chi connectivity index (χ2v) is 9.09. The van der Waals surface area contributed by atoms with E-state index in [1.807, 2.05) is 41.3 Å². The standard InChI is InChI=1S/C24H20ClFN4OS/c25-16-3-1-15(2-4-16)20-10-9-19-21(27)22(32-23(19)28-20)24(31)30-13-11-29(12-14-30)18-7-5-17(26)6-8-18/h1-10H,11-14,27H2. The van der Waals surface area contributed by atoms with Gasteiger partial charge in [0.05, 0.1) is 11.4 Å². The number of pyridine rings is 1. The Morgan fingerprint density at radius 1 is 0.969 bits per heavy atom. The number of nitrogen functional groups attached to an aromatic ring is 1. The minimum Gasteiger partial charge on any atom is -0.397 e. The molecule has 4 aromatic rings. The van der Waals surface area contributed by atoms with Crippen LogP contribution in [0.3, 0.4) is 0 Å². The van der Waals surface area contributed by atoms with Crippen LogP contribution in [0.5, 0.6) is 0 Å². The van der Waals surface area contributed by atoms with E-state index in [9.17, 15) is 9.18 Å². The van der Waals surface area contributed by atoms with Gasteiger partial charge in [0.15, 0.2) is 0 Å².